The molecule has 0 unspecified atom stereocenters. The van der Waals surface area contributed by atoms with Gasteiger partial charge in [-0.15, -0.1) is 0 Å². The molecular formula is C15H21N3O3S2. The van der Waals surface area contributed by atoms with Gasteiger partial charge in [0.25, 0.3) is 0 Å². The first-order valence-corrected chi connectivity index (χ1v) is 10.6. The van der Waals surface area contributed by atoms with Gasteiger partial charge in [0.1, 0.15) is 0 Å². The van der Waals surface area contributed by atoms with Crippen LogP contribution >= 0.6 is 11.8 Å². The summed E-state index contributed by atoms with van der Waals surface area (Å²) in [7, 11) is -3.20. The standard InChI is InChI=1S/C15H21N3O3S2/c1-23(20,21)17-8-12-5-6-13(10-17)18(9-12)15(19)11-22-14-4-2-3-7-16-14/h2-4,7,12-13H,5-6,8-11H2,1H3/t12-,13+/m1/s1. The third-order valence-electron chi connectivity index (χ3n) is 4.45. The molecule has 3 aliphatic rings. The molecule has 3 aliphatic heterocycles. The molecule has 1 aromatic heterocycles. The number of carbonyl (C=O) groups excluding carboxylic acids is 1. The maximum atomic E-state index is 12.6. The van der Waals surface area contributed by atoms with Gasteiger partial charge in [0, 0.05) is 31.9 Å². The summed E-state index contributed by atoms with van der Waals surface area (Å²) in [6.07, 6.45) is 4.84. The Morgan fingerprint density at radius 1 is 1.30 bits per heavy atom. The van der Waals surface area contributed by atoms with Gasteiger partial charge < -0.3 is 4.90 Å². The zero-order valence-corrected chi connectivity index (χ0v) is 14.7. The Balaban J connectivity index is 1.65. The van der Waals surface area contributed by atoms with E-state index in [0.717, 1.165) is 17.9 Å². The Morgan fingerprint density at radius 2 is 2.13 bits per heavy atom. The van der Waals surface area contributed by atoms with Gasteiger partial charge in [-0.1, -0.05) is 17.8 Å². The lowest BCUT2D eigenvalue weighted by atomic mass is 9.95. The Morgan fingerprint density at radius 3 is 2.83 bits per heavy atom. The van der Waals surface area contributed by atoms with Crippen molar-refractivity contribution in [1.29, 1.82) is 0 Å². The molecular weight excluding hydrogens is 334 g/mol. The Bertz CT molecular complexity index is 666. The molecule has 0 radical (unpaired) electrons. The highest BCUT2D eigenvalue weighted by Gasteiger charge is 2.39. The SMILES string of the molecule is CS(=O)(=O)N1C[C@H]2CC[C@@H](C1)N(C(=O)CSc1ccccn1)C2. The zero-order chi connectivity index (χ0) is 16.4. The summed E-state index contributed by atoms with van der Waals surface area (Å²) in [4.78, 5) is 18.7. The number of hydrogen-bond acceptors (Lipinski definition) is 5. The Kier molecular flexibility index (Phi) is 4.93. The summed E-state index contributed by atoms with van der Waals surface area (Å²) in [6.45, 7) is 1.63. The molecule has 0 saturated carbocycles. The van der Waals surface area contributed by atoms with Crippen molar-refractivity contribution in [3.63, 3.8) is 0 Å². The third kappa shape index (κ3) is 4.05. The molecule has 1 aromatic rings. The van der Waals surface area contributed by atoms with Crippen molar-refractivity contribution in [2.45, 2.75) is 23.9 Å². The molecule has 6 nitrogen and oxygen atoms in total. The van der Waals surface area contributed by atoms with Crippen LogP contribution in [0, 0.1) is 5.92 Å². The molecule has 1 amide bonds. The molecule has 0 aliphatic carbocycles. The van der Waals surface area contributed by atoms with Gasteiger partial charge in [0.05, 0.1) is 17.0 Å². The van der Waals surface area contributed by atoms with Crippen LogP contribution in [0.25, 0.3) is 0 Å². The van der Waals surface area contributed by atoms with Crippen LogP contribution in [0.15, 0.2) is 29.4 Å². The number of sulfonamides is 1. The number of fused-ring (bicyclic) bond motifs is 4. The first-order chi connectivity index (χ1) is 10.9. The van der Waals surface area contributed by atoms with E-state index in [1.165, 1.54) is 22.3 Å². The lowest BCUT2D eigenvalue weighted by Gasteiger charge is -2.36. The van der Waals surface area contributed by atoms with Crippen LogP contribution in [0.4, 0.5) is 0 Å². The molecule has 0 aromatic carbocycles. The van der Waals surface area contributed by atoms with Crippen molar-refractivity contribution in [3.8, 4) is 0 Å². The quantitative estimate of drug-likeness (QED) is 0.755. The second-order valence-corrected chi connectivity index (χ2v) is 9.16. The van der Waals surface area contributed by atoms with Crippen molar-refractivity contribution >= 4 is 27.7 Å². The van der Waals surface area contributed by atoms with Gasteiger partial charge in [-0.05, 0) is 30.9 Å². The van der Waals surface area contributed by atoms with Gasteiger partial charge in [0.15, 0.2) is 0 Å². The first kappa shape index (κ1) is 16.7. The van der Waals surface area contributed by atoms with E-state index in [9.17, 15) is 13.2 Å². The van der Waals surface area contributed by atoms with Crippen molar-refractivity contribution in [1.82, 2.24) is 14.2 Å². The molecule has 2 bridgehead atoms. The minimum atomic E-state index is -3.20. The van der Waals surface area contributed by atoms with Crippen LogP contribution in [-0.2, 0) is 14.8 Å². The normalized spacial score (nSPS) is 25.3. The largest absolute Gasteiger partial charge is 0.337 e. The predicted molar refractivity (Wildman–Crippen MR) is 89.6 cm³/mol. The Labute approximate surface area is 141 Å². The lowest BCUT2D eigenvalue weighted by molar-refractivity contribution is -0.132. The maximum absolute atomic E-state index is 12.6. The summed E-state index contributed by atoms with van der Waals surface area (Å²) in [5.41, 5.74) is 0. The van der Waals surface area contributed by atoms with Crippen molar-refractivity contribution in [2.75, 3.05) is 31.6 Å². The van der Waals surface area contributed by atoms with Gasteiger partial charge in [0.2, 0.25) is 15.9 Å². The van der Waals surface area contributed by atoms with Crippen molar-refractivity contribution < 1.29 is 13.2 Å². The summed E-state index contributed by atoms with van der Waals surface area (Å²) in [5, 5.41) is 0.832. The number of nitrogens with zero attached hydrogens (tertiary/aromatic N) is 3. The van der Waals surface area contributed by atoms with Gasteiger partial charge in [-0.3, -0.25) is 4.79 Å². The second-order valence-electron chi connectivity index (χ2n) is 6.18. The molecule has 0 N–H and O–H groups in total. The molecule has 4 heterocycles. The van der Waals surface area contributed by atoms with E-state index in [4.69, 9.17) is 0 Å². The Hall–Kier alpha value is -1.12. The van der Waals surface area contributed by atoms with Crippen molar-refractivity contribution in [3.05, 3.63) is 24.4 Å². The van der Waals surface area contributed by atoms with Crippen LogP contribution in [0.3, 0.4) is 0 Å². The van der Waals surface area contributed by atoms with E-state index in [1.54, 1.807) is 6.20 Å². The van der Waals surface area contributed by atoms with Crippen LogP contribution < -0.4 is 0 Å². The molecule has 3 fully saturated rings. The van der Waals surface area contributed by atoms with Crippen molar-refractivity contribution in [2.24, 2.45) is 5.92 Å². The fourth-order valence-electron chi connectivity index (χ4n) is 3.27. The third-order valence-corrected chi connectivity index (χ3v) is 6.62. The molecule has 8 heteroatoms. The highest BCUT2D eigenvalue weighted by Crippen LogP contribution is 2.30. The number of hydrogen-bond donors (Lipinski definition) is 0. The average Bonchev–Trinajstić information content (AvgIpc) is 2.85. The molecule has 23 heavy (non-hydrogen) atoms. The molecule has 4 rings (SSSR count). The number of amides is 1. The number of pyridine rings is 1. The maximum Gasteiger partial charge on any atom is 0.233 e. The summed E-state index contributed by atoms with van der Waals surface area (Å²) < 4.78 is 25.2. The van der Waals surface area contributed by atoms with E-state index in [2.05, 4.69) is 4.98 Å². The highest BCUT2D eigenvalue weighted by atomic mass is 32.2. The molecule has 0 spiro atoms. The first-order valence-electron chi connectivity index (χ1n) is 7.72. The number of thioether (sulfide) groups is 1. The fraction of sp³-hybridized carbons (Fsp3) is 0.600. The zero-order valence-electron chi connectivity index (χ0n) is 13.1. The summed E-state index contributed by atoms with van der Waals surface area (Å²) in [5.74, 6) is 0.664. The van der Waals surface area contributed by atoms with Crippen LogP contribution in [0.2, 0.25) is 0 Å². The highest BCUT2D eigenvalue weighted by molar-refractivity contribution is 7.99. The van der Waals surface area contributed by atoms with E-state index < -0.39 is 10.0 Å². The molecule has 126 valence electrons. The number of rotatable bonds is 4. The van der Waals surface area contributed by atoms with Crippen LogP contribution in [0.5, 0.6) is 0 Å². The number of piperidine rings is 1. The second kappa shape index (κ2) is 6.78. The van der Waals surface area contributed by atoms with Crippen LogP contribution in [0.1, 0.15) is 12.8 Å². The minimum Gasteiger partial charge on any atom is -0.337 e. The van der Waals surface area contributed by atoms with E-state index in [1.807, 2.05) is 23.1 Å². The smallest absolute Gasteiger partial charge is 0.233 e. The lowest BCUT2D eigenvalue weighted by Crippen LogP contribution is -2.48. The molecule has 3 saturated heterocycles. The fourth-order valence-corrected chi connectivity index (χ4v) is 4.94. The van der Waals surface area contributed by atoms with Gasteiger partial charge >= 0.3 is 0 Å². The molecule has 2 atom stereocenters. The topological polar surface area (TPSA) is 70.6 Å². The van der Waals surface area contributed by atoms with E-state index in [-0.39, 0.29) is 17.9 Å². The van der Waals surface area contributed by atoms with Gasteiger partial charge in [-0.2, -0.15) is 4.31 Å². The predicted octanol–water partition coefficient (Wildman–Crippen LogP) is 1.06. The van der Waals surface area contributed by atoms with Gasteiger partial charge in [-0.25, -0.2) is 13.4 Å². The summed E-state index contributed by atoms with van der Waals surface area (Å²) >= 11 is 1.43. The number of carbonyl (C=O) groups is 1. The van der Waals surface area contributed by atoms with Crippen LogP contribution in [-0.4, -0.2) is 66.2 Å². The average molecular weight is 355 g/mol. The minimum absolute atomic E-state index is 0.000285. The number of aromatic nitrogens is 1. The summed E-state index contributed by atoms with van der Waals surface area (Å²) in [6, 6.07) is 5.63. The monoisotopic (exact) mass is 355 g/mol. The van der Waals surface area contributed by atoms with E-state index in [0.29, 0.717) is 25.4 Å². The van der Waals surface area contributed by atoms with E-state index >= 15 is 0 Å².